The van der Waals surface area contributed by atoms with E-state index in [1.54, 1.807) is 12.4 Å². The minimum absolute atomic E-state index is 0.182. The van der Waals surface area contributed by atoms with Crippen LogP contribution in [-0.4, -0.2) is 27.4 Å². The van der Waals surface area contributed by atoms with E-state index in [1.807, 2.05) is 25.1 Å². The number of hydrogen-bond acceptors (Lipinski definition) is 4. The fraction of sp³-hybridized carbons (Fsp3) is 0.167. The van der Waals surface area contributed by atoms with E-state index in [1.165, 1.54) is 11.1 Å². The number of nitrogens with zero attached hydrogens (tertiary/aromatic N) is 2. The minimum atomic E-state index is -0.182. The Kier molecular flexibility index (Phi) is 3.49. The largest absolute Gasteiger partial charge is 0.437 e. The molecule has 0 radical (unpaired) electrons. The molecular weight excluding hydrogens is 304 g/mol. The van der Waals surface area contributed by atoms with E-state index in [4.69, 9.17) is 4.74 Å². The maximum absolute atomic E-state index is 12.1. The van der Waals surface area contributed by atoms with Gasteiger partial charge in [-0.2, -0.15) is 0 Å². The average molecular weight is 320 g/mol. The molecule has 6 nitrogen and oxygen atoms in total. The second-order valence-electron chi connectivity index (χ2n) is 5.54. The molecule has 0 bridgehead atoms. The van der Waals surface area contributed by atoms with Crippen molar-refractivity contribution in [3.8, 4) is 11.6 Å². The maximum atomic E-state index is 12.1. The number of nitrogens with one attached hydrogen (secondary N) is 2. The van der Waals surface area contributed by atoms with Crippen molar-refractivity contribution in [1.82, 2.24) is 20.3 Å². The van der Waals surface area contributed by atoms with Gasteiger partial charge in [0.25, 0.3) is 5.91 Å². The van der Waals surface area contributed by atoms with Crippen LogP contribution in [-0.2, 0) is 6.42 Å². The van der Waals surface area contributed by atoms with Crippen LogP contribution < -0.4 is 10.1 Å². The third-order valence-corrected chi connectivity index (χ3v) is 3.91. The summed E-state index contributed by atoms with van der Waals surface area (Å²) in [6.07, 6.45) is 8.30. The van der Waals surface area contributed by atoms with Gasteiger partial charge in [0.05, 0.1) is 11.8 Å². The Bertz CT molecular complexity index is 959. The van der Waals surface area contributed by atoms with Crippen molar-refractivity contribution in [3.05, 3.63) is 53.4 Å². The number of fused-ring (bicyclic) bond motifs is 2. The van der Waals surface area contributed by atoms with Crippen molar-refractivity contribution < 1.29 is 9.53 Å². The highest BCUT2D eigenvalue weighted by atomic mass is 16.5. The van der Waals surface area contributed by atoms with Gasteiger partial charge in [-0.25, -0.2) is 9.97 Å². The Labute approximate surface area is 138 Å². The lowest BCUT2D eigenvalue weighted by Crippen LogP contribution is -2.22. The fourth-order valence-corrected chi connectivity index (χ4v) is 2.77. The number of rotatable bonds is 4. The highest BCUT2D eigenvalue weighted by molar-refractivity contribution is 6.04. The molecule has 2 N–H and O–H groups in total. The Morgan fingerprint density at radius 3 is 3.21 bits per heavy atom. The molecule has 0 fully saturated rings. The first kappa shape index (κ1) is 14.4. The highest BCUT2D eigenvalue weighted by Crippen LogP contribution is 2.27. The highest BCUT2D eigenvalue weighted by Gasteiger charge is 2.15. The molecule has 120 valence electrons. The van der Waals surface area contributed by atoms with Crippen LogP contribution >= 0.6 is 0 Å². The molecular formula is C18H16N4O2. The second-order valence-corrected chi connectivity index (χ2v) is 5.54. The number of aromatic nitrogens is 3. The van der Waals surface area contributed by atoms with Crippen molar-refractivity contribution in [3.63, 3.8) is 0 Å². The molecule has 24 heavy (non-hydrogen) atoms. The zero-order valence-corrected chi connectivity index (χ0v) is 13.2. The van der Waals surface area contributed by atoms with E-state index in [0.717, 1.165) is 6.42 Å². The number of allylic oxidation sites excluding steroid dienone is 1. The number of carbonyl (C=O) groups is 1. The first-order valence-electron chi connectivity index (χ1n) is 7.84. The number of hydrogen-bond donors (Lipinski definition) is 2. The summed E-state index contributed by atoms with van der Waals surface area (Å²) >= 11 is 0. The lowest BCUT2D eigenvalue weighted by Gasteiger charge is -2.07. The van der Waals surface area contributed by atoms with Crippen molar-refractivity contribution in [2.45, 2.75) is 13.3 Å². The summed E-state index contributed by atoms with van der Waals surface area (Å²) in [5.74, 6) is 0.888. The average Bonchev–Trinajstić information content (AvgIpc) is 3.20. The molecule has 1 aromatic carbocycles. The van der Waals surface area contributed by atoms with Crippen LogP contribution in [0, 0.1) is 0 Å². The van der Waals surface area contributed by atoms with Gasteiger partial charge < -0.3 is 15.0 Å². The van der Waals surface area contributed by atoms with Crippen LogP contribution in [0.5, 0.6) is 11.6 Å². The molecule has 4 rings (SSSR count). The van der Waals surface area contributed by atoms with Crippen LogP contribution in [0.25, 0.3) is 17.2 Å². The Balaban J connectivity index is 1.65. The summed E-state index contributed by atoms with van der Waals surface area (Å²) in [6.45, 7) is 2.42. The SMILES string of the molecule is CCNC(=O)c1c[nH]c2ncc(Oc3ccc4c(c3)CC=C4)nc12. The molecule has 0 aliphatic heterocycles. The molecule has 6 heteroatoms. The first-order valence-corrected chi connectivity index (χ1v) is 7.84. The lowest BCUT2D eigenvalue weighted by atomic mass is 10.1. The predicted molar refractivity (Wildman–Crippen MR) is 91.1 cm³/mol. The number of benzene rings is 1. The van der Waals surface area contributed by atoms with Crippen LogP contribution in [0.15, 0.2) is 36.7 Å². The zero-order chi connectivity index (χ0) is 16.5. The smallest absolute Gasteiger partial charge is 0.255 e. The van der Waals surface area contributed by atoms with Crippen LogP contribution in [0.3, 0.4) is 0 Å². The summed E-state index contributed by atoms with van der Waals surface area (Å²) in [5, 5.41) is 2.76. The van der Waals surface area contributed by atoms with Crippen molar-refractivity contribution in [1.29, 1.82) is 0 Å². The molecule has 0 saturated heterocycles. The van der Waals surface area contributed by atoms with Crippen LogP contribution in [0.1, 0.15) is 28.4 Å². The molecule has 2 aromatic heterocycles. The van der Waals surface area contributed by atoms with Gasteiger partial charge >= 0.3 is 0 Å². The van der Waals surface area contributed by atoms with Crippen molar-refractivity contribution >= 4 is 23.1 Å². The van der Waals surface area contributed by atoms with E-state index in [2.05, 4.69) is 32.4 Å². The van der Waals surface area contributed by atoms with E-state index in [-0.39, 0.29) is 5.91 Å². The monoisotopic (exact) mass is 320 g/mol. The molecule has 1 aliphatic rings. The van der Waals surface area contributed by atoms with Gasteiger partial charge in [0.15, 0.2) is 5.65 Å². The van der Waals surface area contributed by atoms with Gasteiger partial charge in [-0.05, 0) is 36.6 Å². The second kappa shape index (κ2) is 5.81. The quantitative estimate of drug-likeness (QED) is 0.774. The third kappa shape index (κ3) is 2.52. The van der Waals surface area contributed by atoms with E-state index < -0.39 is 0 Å². The topological polar surface area (TPSA) is 79.9 Å². The van der Waals surface area contributed by atoms with E-state index >= 15 is 0 Å². The molecule has 1 aliphatic carbocycles. The molecule has 0 unspecified atom stereocenters. The van der Waals surface area contributed by atoms with Gasteiger partial charge in [-0.15, -0.1) is 0 Å². The zero-order valence-electron chi connectivity index (χ0n) is 13.2. The predicted octanol–water partition coefficient (Wildman–Crippen LogP) is 3.07. The maximum Gasteiger partial charge on any atom is 0.255 e. The summed E-state index contributed by atoms with van der Waals surface area (Å²) in [6, 6.07) is 5.93. The molecule has 0 spiro atoms. The Morgan fingerprint density at radius 1 is 1.42 bits per heavy atom. The van der Waals surface area contributed by atoms with Gasteiger partial charge in [-0.3, -0.25) is 4.79 Å². The summed E-state index contributed by atoms with van der Waals surface area (Å²) in [4.78, 5) is 23.7. The normalized spacial score (nSPS) is 12.4. The van der Waals surface area contributed by atoms with E-state index in [9.17, 15) is 4.79 Å². The van der Waals surface area contributed by atoms with Gasteiger partial charge in [0, 0.05) is 12.7 Å². The number of ether oxygens (including phenoxy) is 1. The Hall–Kier alpha value is -3.15. The van der Waals surface area contributed by atoms with Gasteiger partial charge in [0.1, 0.15) is 11.3 Å². The fourth-order valence-electron chi connectivity index (χ4n) is 2.77. The lowest BCUT2D eigenvalue weighted by molar-refractivity contribution is 0.0957. The van der Waals surface area contributed by atoms with E-state index in [0.29, 0.717) is 34.9 Å². The molecule has 1 amide bonds. The number of carbonyl (C=O) groups excluding carboxylic acids is 1. The van der Waals surface area contributed by atoms with Crippen molar-refractivity contribution in [2.75, 3.05) is 6.54 Å². The molecule has 0 atom stereocenters. The van der Waals surface area contributed by atoms with Crippen LogP contribution in [0.2, 0.25) is 0 Å². The summed E-state index contributed by atoms with van der Waals surface area (Å²) < 4.78 is 5.83. The molecule has 2 heterocycles. The van der Waals surface area contributed by atoms with Crippen LogP contribution in [0.4, 0.5) is 0 Å². The third-order valence-electron chi connectivity index (χ3n) is 3.91. The summed E-state index contributed by atoms with van der Waals surface area (Å²) in [5.41, 5.74) is 3.96. The number of H-pyrrole nitrogens is 1. The van der Waals surface area contributed by atoms with Gasteiger partial charge in [0.2, 0.25) is 5.88 Å². The minimum Gasteiger partial charge on any atom is -0.437 e. The molecule has 3 aromatic rings. The van der Waals surface area contributed by atoms with Crippen molar-refractivity contribution in [2.24, 2.45) is 0 Å². The number of aromatic amines is 1. The number of amides is 1. The summed E-state index contributed by atoms with van der Waals surface area (Å²) in [7, 11) is 0. The standard InChI is InChI=1S/C18H16N4O2/c1-2-19-18(23)14-9-20-17-16(14)22-15(10-21-17)24-13-7-6-11-4-3-5-12(11)8-13/h3-4,6-10H,2,5H2,1H3,(H,19,23)(H,20,21). The first-order chi connectivity index (χ1) is 11.7. The Morgan fingerprint density at radius 2 is 2.33 bits per heavy atom. The molecule has 0 saturated carbocycles. The van der Waals surface area contributed by atoms with Gasteiger partial charge in [-0.1, -0.05) is 18.2 Å².